The standard InChI is InChI=1S/C2H7N.C2H6O/c2*1-2-3/h2-3H2,1H3;3H,2H2,1H3. The molecule has 0 saturated heterocycles. The van der Waals surface area contributed by atoms with Crippen molar-refractivity contribution in [1.29, 1.82) is 0 Å². The van der Waals surface area contributed by atoms with Gasteiger partial charge in [0.2, 0.25) is 0 Å². The Kier molecular flexibility index (Phi) is 31.9. The van der Waals surface area contributed by atoms with Gasteiger partial charge in [0.1, 0.15) is 0 Å². The molecule has 0 aliphatic carbocycles. The number of hydrogen-bond donors (Lipinski definition) is 2. The Labute approximate surface area is 39.0 Å². The first-order valence-electron chi connectivity index (χ1n) is 2.14. The predicted octanol–water partition coefficient (Wildman–Crippen LogP) is -0.0364. The van der Waals surface area contributed by atoms with Crippen LogP contribution in [0, 0.1) is 0 Å². The van der Waals surface area contributed by atoms with E-state index in [2.05, 4.69) is 0 Å². The smallest absolute Gasteiger partial charge is 0.0402 e. The fourth-order valence-corrected chi connectivity index (χ4v) is 0. The Morgan fingerprint density at radius 1 is 1.50 bits per heavy atom. The second kappa shape index (κ2) is 20.5. The maximum absolute atomic E-state index is 7.57. The molecular formula is C4H13NO. The first kappa shape index (κ1) is 9.33. The minimum absolute atomic E-state index is 0.250. The van der Waals surface area contributed by atoms with Crippen LogP contribution in [0.3, 0.4) is 0 Å². The Morgan fingerprint density at radius 3 is 1.50 bits per heavy atom. The maximum Gasteiger partial charge on any atom is 0.0402 e. The van der Waals surface area contributed by atoms with Crippen LogP contribution in [-0.2, 0) is 0 Å². The molecule has 0 unspecified atom stereocenters. The summed E-state index contributed by atoms with van der Waals surface area (Å²) < 4.78 is 0. The highest BCUT2D eigenvalue weighted by Crippen LogP contribution is 1.30. The molecule has 0 aliphatic heterocycles. The summed E-state index contributed by atoms with van der Waals surface area (Å²) in [6.45, 7) is 4.58. The van der Waals surface area contributed by atoms with Crippen molar-refractivity contribution in [3.05, 3.63) is 0 Å². The summed E-state index contributed by atoms with van der Waals surface area (Å²) >= 11 is 0. The summed E-state index contributed by atoms with van der Waals surface area (Å²) in [6, 6.07) is 0. The van der Waals surface area contributed by atoms with Crippen molar-refractivity contribution in [3.8, 4) is 0 Å². The van der Waals surface area contributed by atoms with E-state index in [1.807, 2.05) is 6.92 Å². The van der Waals surface area contributed by atoms with E-state index in [-0.39, 0.29) is 6.61 Å². The van der Waals surface area contributed by atoms with Gasteiger partial charge in [-0.1, -0.05) is 6.92 Å². The van der Waals surface area contributed by atoms with Crippen molar-refractivity contribution < 1.29 is 5.11 Å². The highest BCUT2D eigenvalue weighted by Gasteiger charge is 1.34. The number of aliphatic hydroxyl groups excluding tert-OH is 1. The number of nitrogens with two attached hydrogens (primary N) is 1. The predicted molar refractivity (Wildman–Crippen MR) is 27.5 cm³/mol. The minimum atomic E-state index is 0.250. The SMILES string of the molecule is CCN.CCO. The van der Waals surface area contributed by atoms with E-state index >= 15 is 0 Å². The van der Waals surface area contributed by atoms with Gasteiger partial charge in [-0.25, -0.2) is 0 Å². The third-order valence-corrected chi connectivity index (χ3v) is 0. The Balaban J connectivity index is 0. The lowest BCUT2D eigenvalue weighted by atomic mass is 10.8. The lowest BCUT2D eigenvalue weighted by molar-refractivity contribution is 0.318. The van der Waals surface area contributed by atoms with Crippen molar-refractivity contribution in [2.24, 2.45) is 5.73 Å². The molecule has 0 amide bonds. The second-order valence-corrected chi connectivity index (χ2v) is 0.724. The maximum atomic E-state index is 7.57. The Hall–Kier alpha value is -0.0800. The molecule has 2 heteroatoms. The van der Waals surface area contributed by atoms with Crippen LogP contribution in [0.4, 0.5) is 0 Å². The van der Waals surface area contributed by atoms with E-state index in [0.717, 1.165) is 6.54 Å². The average molecular weight is 91.2 g/mol. The van der Waals surface area contributed by atoms with Crippen LogP contribution in [0.5, 0.6) is 0 Å². The van der Waals surface area contributed by atoms with Gasteiger partial charge in [0.15, 0.2) is 0 Å². The van der Waals surface area contributed by atoms with E-state index in [1.54, 1.807) is 6.92 Å². The second-order valence-electron chi connectivity index (χ2n) is 0.724. The number of hydrogen-bond acceptors (Lipinski definition) is 2. The van der Waals surface area contributed by atoms with E-state index < -0.39 is 0 Å². The quantitative estimate of drug-likeness (QED) is 0.439. The summed E-state index contributed by atoms with van der Waals surface area (Å²) in [5.41, 5.74) is 4.85. The molecule has 6 heavy (non-hydrogen) atoms. The largest absolute Gasteiger partial charge is 0.397 e. The molecule has 0 saturated carbocycles. The fourth-order valence-electron chi connectivity index (χ4n) is 0. The van der Waals surface area contributed by atoms with Crippen molar-refractivity contribution in [1.82, 2.24) is 0 Å². The van der Waals surface area contributed by atoms with E-state index in [4.69, 9.17) is 10.8 Å². The van der Waals surface area contributed by atoms with Crippen molar-refractivity contribution in [2.45, 2.75) is 13.8 Å². The lowest BCUT2D eigenvalue weighted by Gasteiger charge is -1.53. The Bertz CT molecular complexity index is 9.51. The van der Waals surface area contributed by atoms with Gasteiger partial charge in [-0.15, -0.1) is 0 Å². The van der Waals surface area contributed by atoms with Crippen LogP contribution in [-0.4, -0.2) is 18.3 Å². The molecule has 0 rings (SSSR count). The van der Waals surface area contributed by atoms with Gasteiger partial charge in [-0.05, 0) is 13.5 Å². The van der Waals surface area contributed by atoms with Crippen molar-refractivity contribution in [3.63, 3.8) is 0 Å². The van der Waals surface area contributed by atoms with E-state index in [9.17, 15) is 0 Å². The summed E-state index contributed by atoms with van der Waals surface area (Å²) in [4.78, 5) is 0. The minimum Gasteiger partial charge on any atom is -0.397 e. The van der Waals surface area contributed by atoms with Crippen LogP contribution in [0.1, 0.15) is 13.8 Å². The highest BCUT2D eigenvalue weighted by atomic mass is 16.2. The molecule has 40 valence electrons. The monoisotopic (exact) mass is 91.1 g/mol. The zero-order chi connectivity index (χ0) is 5.41. The average Bonchev–Trinajstić information content (AvgIpc) is 1.39. The molecule has 0 spiro atoms. The zero-order valence-electron chi connectivity index (χ0n) is 4.44. The van der Waals surface area contributed by atoms with E-state index in [0.29, 0.717) is 0 Å². The summed E-state index contributed by atoms with van der Waals surface area (Å²) in [7, 11) is 0. The molecule has 0 aromatic rings. The molecule has 3 N–H and O–H groups in total. The molecule has 0 aromatic carbocycles. The summed E-state index contributed by atoms with van der Waals surface area (Å²) in [6.07, 6.45) is 0. The molecule has 0 fully saturated rings. The van der Waals surface area contributed by atoms with Gasteiger partial charge in [-0.3, -0.25) is 0 Å². The third-order valence-electron chi connectivity index (χ3n) is 0. The molecule has 0 heterocycles. The molecular weight excluding hydrogens is 78.0 g/mol. The third kappa shape index (κ3) is 5220. The molecule has 0 aliphatic rings. The van der Waals surface area contributed by atoms with Crippen LogP contribution >= 0.6 is 0 Å². The van der Waals surface area contributed by atoms with Gasteiger partial charge in [0.25, 0.3) is 0 Å². The van der Waals surface area contributed by atoms with Gasteiger partial charge in [0, 0.05) is 6.61 Å². The van der Waals surface area contributed by atoms with E-state index in [1.165, 1.54) is 0 Å². The van der Waals surface area contributed by atoms with Gasteiger partial charge < -0.3 is 10.8 Å². The molecule has 0 radical (unpaired) electrons. The van der Waals surface area contributed by atoms with Gasteiger partial charge in [0.05, 0.1) is 0 Å². The topological polar surface area (TPSA) is 46.2 Å². The zero-order valence-corrected chi connectivity index (χ0v) is 4.44. The lowest BCUT2D eigenvalue weighted by Crippen LogP contribution is -1.87. The highest BCUT2D eigenvalue weighted by molar-refractivity contribution is 4.00. The molecule has 0 atom stereocenters. The van der Waals surface area contributed by atoms with Crippen molar-refractivity contribution >= 4 is 0 Å². The molecule has 0 bridgehead atoms. The fraction of sp³-hybridized carbons (Fsp3) is 1.00. The first-order valence-corrected chi connectivity index (χ1v) is 2.14. The Morgan fingerprint density at radius 2 is 1.50 bits per heavy atom. The number of rotatable bonds is 0. The van der Waals surface area contributed by atoms with Crippen LogP contribution in [0.25, 0.3) is 0 Å². The van der Waals surface area contributed by atoms with Crippen LogP contribution < -0.4 is 5.73 Å². The molecule has 0 aromatic heterocycles. The summed E-state index contributed by atoms with van der Waals surface area (Å²) in [5.74, 6) is 0. The van der Waals surface area contributed by atoms with Crippen molar-refractivity contribution in [2.75, 3.05) is 13.2 Å². The summed E-state index contributed by atoms with van der Waals surface area (Å²) in [5, 5.41) is 7.57. The van der Waals surface area contributed by atoms with Gasteiger partial charge >= 0.3 is 0 Å². The molecule has 2 nitrogen and oxygen atoms in total. The van der Waals surface area contributed by atoms with Gasteiger partial charge in [-0.2, -0.15) is 0 Å². The normalized spacial score (nSPS) is 6.00. The van der Waals surface area contributed by atoms with Crippen LogP contribution in [0.2, 0.25) is 0 Å². The van der Waals surface area contributed by atoms with Crippen LogP contribution in [0.15, 0.2) is 0 Å². The number of aliphatic hydroxyl groups is 1. The first-order chi connectivity index (χ1) is 2.83.